The molecule has 0 aliphatic carbocycles. The first-order valence-electron chi connectivity index (χ1n) is 5.34. The first-order valence-corrected chi connectivity index (χ1v) is 6.13. The normalized spacial score (nSPS) is 9.94. The molecule has 0 unspecified atom stereocenters. The predicted octanol–water partition coefficient (Wildman–Crippen LogP) is 3.38. The summed E-state index contributed by atoms with van der Waals surface area (Å²) in [6.07, 6.45) is 0. The van der Waals surface area contributed by atoms with Crippen molar-refractivity contribution >= 4 is 21.8 Å². The molecule has 2 aromatic carbocycles. The minimum Gasteiger partial charge on any atom is -0.348 e. The Balaban J connectivity index is 2.00. The van der Waals surface area contributed by atoms with Crippen molar-refractivity contribution in [3.63, 3.8) is 0 Å². The molecule has 3 heteroatoms. The van der Waals surface area contributed by atoms with Crippen molar-refractivity contribution in [1.82, 2.24) is 5.32 Å². The Hall–Kier alpha value is -1.61. The van der Waals surface area contributed by atoms with Gasteiger partial charge < -0.3 is 5.32 Å². The summed E-state index contributed by atoms with van der Waals surface area (Å²) in [7, 11) is 0. The van der Waals surface area contributed by atoms with E-state index in [-0.39, 0.29) is 5.91 Å². The van der Waals surface area contributed by atoms with Gasteiger partial charge >= 0.3 is 0 Å². The fourth-order valence-electron chi connectivity index (χ4n) is 1.51. The van der Waals surface area contributed by atoms with Crippen LogP contribution < -0.4 is 5.32 Å². The molecular weight excluding hydrogens is 278 g/mol. The number of carbonyl (C=O) groups is 1. The van der Waals surface area contributed by atoms with Gasteiger partial charge in [0, 0.05) is 16.6 Å². The summed E-state index contributed by atoms with van der Waals surface area (Å²) < 4.78 is 1.01. The molecule has 0 heterocycles. The van der Waals surface area contributed by atoms with Crippen LogP contribution in [-0.2, 0) is 6.54 Å². The van der Waals surface area contributed by atoms with Gasteiger partial charge in [0.05, 0.1) is 0 Å². The number of rotatable bonds is 3. The van der Waals surface area contributed by atoms with Crippen LogP contribution in [0.25, 0.3) is 0 Å². The van der Waals surface area contributed by atoms with E-state index in [1.165, 1.54) is 0 Å². The third-order valence-electron chi connectivity index (χ3n) is 2.43. The van der Waals surface area contributed by atoms with Crippen LogP contribution in [0.4, 0.5) is 0 Å². The van der Waals surface area contributed by atoms with Crippen LogP contribution in [0.1, 0.15) is 15.9 Å². The average Bonchev–Trinajstić information content (AvgIpc) is 2.38. The van der Waals surface area contributed by atoms with Crippen molar-refractivity contribution in [2.75, 3.05) is 0 Å². The molecule has 17 heavy (non-hydrogen) atoms. The molecule has 2 rings (SSSR count). The van der Waals surface area contributed by atoms with Crippen LogP contribution >= 0.6 is 15.9 Å². The molecule has 2 nitrogen and oxygen atoms in total. The summed E-state index contributed by atoms with van der Waals surface area (Å²) in [4.78, 5) is 11.8. The van der Waals surface area contributed by atoms with Crippen LogP contribution in [0.15, 0.2) is 59.1 Å². The summed E-state index contributed by atoms with van der Waals surface area (Å²) in [6, 6.07) is 17.1. The molecule has 0 aliphatic heterocycles. The summed E-state index contributed by atoms with van der Waals surface area (Å²) in [5.74, 6) is -0.0543. The SMILES string of the molecule is O=C(NCc1ccccc1Br)c1ccccc1. The molecule has 1 N–H and O–H groups in total. The number of carbonyl (C=O) groups excluding carboxylic acids is 1. The fourth-order valence-corrected chi connectivity index (χ4v) is 1.93. The number of hydrogen-bond donors (Lipinski definition) is 1. The highest BCUT2D eigenvalue weighted by Gasteiger charge is 2.04. The number of nitrogens with one attached hydrogen (secondary N) is 1. The quantitative estimate of drug-likeness (QED) is 0.922. The maximum absolute atomic E-state index is 11.8. The molecule has 0 aliphatic rings. The number of hydrogen-bond acceptors (Lipinski definition) is 1. The minimum absolute atomic E-state index is 0.0543. The Kier molecular flexibility index (Phi) is 3.94. The molecule has 2 aromatic rings. The largest absolute Gasteiger partial charge is 0.348 e. The zero-order valence-electron chi connectivity index (χ0n) is 9.19. The van der Waals surface area contributed by atoms with E-state index in [4.69, 9.17) is 0 Å². The Bertz CT molecular complexity index is 511. The van der Waals surface area contributed by atoms with Gasteiger partial charge in [-0.25, -0.2) is 0 Å². The van der Waals surface area contributed by atoms with Gasteiger partial charge in [-0.2, -0.15) is 0 Å². The van der Waals surface area contributed by atoms with E-state index in [9.17, 15) is 4.79 Å². The predicted molar refractivity (Wildman–Crippen MR) is 71.8 cm³/mol. The first-order chi connectivity index (χ1) is 8.27. The first kappa shape index (κ1) is 11.9. The Morgan fingerprint density at radius 2 is 1.65 bits per heavy atom. The van der Waals surface area contributed by atoms with Gasteiger partial charge in [0.15, 0.2) is 0 Å². The van der Waals surface area contributed by atoms with Crippen molar-refractivity contribution in [2.45, 2.75) is 6.54 Å². The fraction of sp³-hybridized carbons (Fsp3) is 0.0714. The summed E-state index contributed by atoms with van der Waals surface area (Å²) in [6.45, 7) is 0.523. The van der Waals surface area contributed by atoms with Crippen molar-refractivity contribution in [3.8, 4) is 0 Å². The van der Waals surface area contributed by atoms with E-state index in [0.717, 1.165) is 10.0 Å². The number of benzene rings is 2. The van der Waals surface area contributed by atoms with E-state index < -0.39 is 0 Å². The molecule has 1 amide bonds. The zero-order chi connectivity index (χ0) is 12.1. The summed E-state index contributed by atoms with van der Waals surface area (Å²) in [5.41, 5.74) is 1.75. The zero-order valence-corrected chi connectivity index (χ0v) is 10.8. The average molecular weight is 290 g/mol. The maximum Gasteiger partial charge on any atom is 0.251 e. The molecule has 0 atom stereocenters. The second-order valence-corrected chi connectivity index (χ2v) is 4.49. The second kappa shape index (κ2) is 5.64. The van der Waals surface area contributed by atoms with Gasteiger partial charge in [0.1, 0.15) is 0 Å². The van der Waals surface area contributed by atoms with Crippen LogP contribution in [0.3, 0.4) is 0 Å². The van der Waals surface area contributed by atoms with Gasteiger partial charge in [0.2, 0.25) is 0 Å². The summed E-state index contributed by atoms with van der Waals surface area (Å²) >= 11 is 3.45. The highest BCUT2D eigenvalue weighted by atomic mass is 79.9. The lowest BCUT2D eigenvalue weighted by Gasteiger charge is -2.06. The molecule has 86 valence electrons. The van der Waals surface area contributed by atoms with E-state index in [1.807, 2.05) is 42.5 Å². The minimum atomic E-state index is -0.0543. The van der Waals surface area contributed by atoms with Crippen molar-refractivity contribution in [3.05, 3.63) is 70.2 Å². The molecule has 0 radical (unpaired) electrons. The van der Waals surface area contributed by atoms with Crippen molar-refractivity contribution < 1.29 is 4.79 Å². The smallest absolute Gasteiger partial charge is 0.251 e. The van der Waals surface area contributed by atoms with Gasteiger partial charge in [0.25, 0.3) is 5.91 Å². The third-order valence-corrected chi connectivity index (χ3v) is 3.21. The Morgan fingerprint density at radius 1 is 1.00 bits per heavy atom. The van der Waals surface area contributed by atoms with E-state index in [0.29, 0.717) is 12.1 Å². The lowest BCUT2D eigenvalue weighted by molar-refractivity contribution is 0.0951. The molecule has 0 bridgehead atoms. The molecular formula is C14H12BrNO. The van der Waals surface area contributed by atoms with Gasteiger partial charge in [-0.05, 0) is 23.8 Å². The standard InChI is InChI=1S/C14H12BrNO/c15-13-9-5-4-8-12(13)10-16-14(17)11-6-2-1-3-7-11/h1-9H,10H2,(H,16,17). The van der Waals surface area contributed by atoms with Gasteiger partial charge in [-0.3, -0.25) is 4.79 Å². The monoisotopic (exact) mass is 289 g/mol. The Labute approximate surface area is 109 Å². The molecule has 0 aromatic heterocycles. The number of amides is 1. The lowest BCUT2D eigenvalue weighted by atomic mass is 10.2. The second-order valence-electron chi connectivity index (χ2n) is 3.64. The van der Waals surface area contributed by atoms with Gasteiger partial charge in [-0.1, -0.05) is 52.3 Å². The molecule has 0 saturated carbocycles. The van der Waals surface area contributed by atoms with E-state index in [2.05, 4.69) is 21.2 Å². The van der Waals surface area contributed by atoms with E-state index in [1.54, 1.807) is 12.1 Å². The molecule has 0 saturated heterocycles. The number of halogens is 1. The lowest BCUT2D eigenvalue weighted by Crippen LogP contribution is -2.22. The van der Waals surface area contributed by atoms with Crippen LogP contribution in [0, 0.1) is 0 Å². The Morgan fingerprint density at radius 3 is 2.35 bits per heavy atom. The van der Waals surface area contributed by atoms with Crippen LogP contribution in [-0.4, -0.2) is 5.91 Å². The van der Waals surface area contributed by atoms with Crippen LogP contribution in [0.2, 0.25) is 0 Å². The van der Waals surface area contributed by atoms with Crippen molar-refractivity contribution in [2.24, 2.45) is 0 Å². The summed E-state index contributed by atoms with van der Waals surface area (Å²) in [5, 5.41) is 2.89. The molecule has 0 spiro atoms. The molecule has 0 fully saturated rings. The van der Waals surface area contributed by atoms with E-state index >= 15 is 0 Å². The van der Waals surface area contributed by atoms with Crippen molar-refractivity contribution in [1.29, 1.82) is 0 Å². The third kappa shape index (κ3) is 3.17. The highest BCUT2D eigenvalue weighted by Crippen LogP contribution is 2.15. The van der Waals surface area contributed by atoms with Gasteiger partial charge in [-0.15, -0.1) is 0 Å². The maximum atomic E-state index is 11.8. The van der Waals surface area contributed by atoms with Crippen LogP contribution in [0.5, 0.6) is 0 Å². The topological polar surface area (TPSA) is 29.1 Å². The highest BCUT2D eigenvalue weighted by molar-refractivity contribution is 9.10.